The van der Waals surface area contributed by atoms with Crippen molar-refractivity contribution in [3.63, 3.8) is 0 Å². The molecule has 0 heterocycles. The number of ether oxygens (including phenoxy) is 5. The van der Waals surface area contributed by atoms with Crippen molar-refractivity contribution < 1.29 is 33.9 Å². The van der Waals surface area contributed by atoms with Crippen LogP contribution in [0.3, 0.4) is 0 Å². The molecule has 2 rings (SSSR count). The fourth-order valence-electron chi connectivity index (χ4n) is 2.68. The van der Waals surface area contributed by atoms with E-state index in [1.54, 1.807) is 43.5 Å². The van der Waals surface area contributed by atoms with E-state index in [1.165, 1.54) is 21.3 Å². The molecule has 0 amide bonds. The second-order valence-corrected chi connectivity index (χ2v) is 5.86. The van der Waals surface area contributed by atoms with Gasteiger partial charge in [0.05, 0.1) is 27.4 Å². The van der Waals surface area contributed by atoms with E-state index in [2.05, 4.69) is 0 Å². The van der Waals surface area contributed by atoms with Crippen LogP contribution < -0.4 is 18.9 Å². The summed E-state index contributed by atoms with van der Waals surface area (Å²) in [6.07, 6.45) is -1.98. The van der Waals surface area contributed by atoms with Crippen molar-refractivity contribution in [3.05, 3.63) is 47.5 Å². The van der Waals surface area contributed by atoms with Crippen molar-refractivity contribution in [1.82, 2.24) is 0 Å². The number of rotatable bonds is 10. The molecule has 7 nitrogen and oxygen atoms in total. The Morgan fingerprint density at radius 2 is 1.56 bits per heavy atom. The highest BCUT2D eigenvalue weighted by Gasteiger charge is 2.22. The lowest BCUT2D eigenvalue weighted by Gasteiger charge is -2.21. The van der Waals surface area contributed by atoms with Crippen LogP contribution in [-0.2, 0) is 11.2 Å². The van der Waals surface area contributed by atoms with Gasteiger partial charge in [-0.1, -0.05) is 12.1 Å². The maximum atomic E-state index is 10.6. The number of aliphatic hydroxyl groups excluding tert-OH is 2. The predicted molar refractivity (Wildman–Crippen MR) is 99.7 cm³/mol. The van der Waals surface area contributed by atoms with Gasteiger partial charge in [-0.05, 0) is 29.3 Å². The largest absolute Gasteiger partial charge is 0.497 e. The van der Waals surface area contributed by atoms with Gasteiger partial charge in [0.25, 0.3) is 0 Å². The Balaban J connectivity index is 2.19. The summed E-state index contributed by atoms with van der Waals surface area (Å²) in [5.74, 6) is 2.18. The van der Waals surface area contributed by atoms with Crippen molar-refractivity contribution in [2.45, 2.75) is 18.6 Å². The molecule has 148 valence electrons. The molecule has 0 aliphatic carbocycles. The van der Waals surface area contributed by atoms with Crippen LogP contribution >= 0.6 is 0 Å². The second kappa shape index (κ2) is 10.0. The second-order valence-electron chi connectivity index (χ2n) is 5.86. The number of benzene rings is 2. The third-order valence-electron chi connectivity index (χ3n) is 4.15. The van der Waals surface area contributed by atoms with E-state index in [0.29, 0.717) is 28.6 Å². The molecule has 0 aromatic heterocycles. The van der Waals surface area contributed by atoms with Gasteiger partial charge in [-0.2, -0.15) is 0 Å². The van der Waals surface area contributed by atoms with Gasteiger partial charge >= 0.3 is 0 Å². The lowest BCUT2D eigenvalue weighted by Crippen LogP contribution is -2.21. The first-order chi connectivity index (χ1) is 13.0. The maximum absolute atomic E-state index is 10.6. The van der Waals surface area contributed by atoms with Crippen molar-refractivity contribution >= 4 is 0 Å². The normalized spacial score (nSPS) is 13.0. The van der Waals surface area contributed by atoms with Crippen LogP contribution in [0.4, 0.5) is 0 Å². The van der Waals surface area contributed by atoms with Crippen LogP contribution in [0.25, 0.3) is 0 Å². The van der Waals surface area contributed by atoms with Gasteiger partial charge < -0.3 is 33.9 Å². The Bertz CT molecular complexity index is 732. The number of methoxy groups -OCH3 is 4. The first kappa shape index (κ1) is 20.8. The standard InChI is InChI=1S/C20H26O7/c1-23-12-27-18-11-15(24-2)7-5-13(18)9-16(21)20(22)14-6-8-17(25-3)19(10-14)26-4/h5-8,10-11,16,20-22H,9,12H2,1-4H3/t16-,20-/m0/s1. The third kappa shape index (κ3) is 5.26. The van der Waals surface area contributed by atoms with Crippen LogP contribution in [0.1, 0.15) is 17.2 Å². The summed E-state index contributed by atoms with van der Waals surface area (Å²) in [4.78, 5) is 0. The summed E-state index contributed by atoms with van der Waals surface area (Å²) in [7, 11) is 6.13. The van der Waals surface area contributed by atoms with Crippen molar-refractivity contribution in [3.8, 4) is 23.0 Å². The average molecular weight is 378 g/mol. The summed E-state index contributed by atoms with van der Waals surface area (Å²) < 4.78 is 26.1. The summed E-state index contributed by atoms with van der Waals surface area (Å²) >= 11 is 0. The molecular formula is C20H26O7. The molecule has 27 heavy (non-hydrogen) atoms. The van der Waals surface area contributed by atoms with E-state index >= 15 is 0 Å². The van der Waals surface area contributed by atoms with Gasteiger partial charge in [0, 0.05) is 19.6 Å². The number of hydrogen-bond acceptors (Lipinski definition) is 7. The molecule has 0 bridgehead atoms. The Kier molecular flexibility index (Phi) is 7.72. The molecule has 0 fully saturated rings. The molecule has 0 aliphatic heterocycles. The average Bonchev–Trinajstić information content (AvgIpc) is 2.71. The number of aliphatic hydroxyl groups is 2. The Hall–Kier alpha value is -2.48. The molecule has 0 spiro atoms. The molecule has 0 unspecified atom stereocenters. The maximum Gasteiger partial charge on any atom is 0.188 e. The van der Waals surface area contributed by atoms with Crippen LogP contribution in [-0.4, -0.2) is 51.5 Å². The molecule has 2 aromatic rings. The number of hydrogen-bond donors (Lipinski definition) is 2. The fraction of sp³-hybridized carbons (Fsp3) is 0.400. The van der Waals surface area contributed by atoms with Crippen LogP contribution in [0.2, 0.25) is 0 Å². The minimum atomic E-state index is -1.11. The Morgan fingerprint density at radius 1 is 0.815 bits per heavy atom. The van der Waals surface area contributed by atoms with Crippen molar-refractivity contribution in [1.29, 1.82) is 0 Å². The first-order valence-corrected chi connectivity index (χ1v) is 8.40. The monoisotopic (exact) mass is 378 g/mol. The zero-order chi connectivity index (χ0) is 19.8. The molecular weight excluding hydrogens is 352 g/mol. The van der Waals surface area contributed by atoms with Crippen molar-refractivity contribution in [2.24, 2.45) is 0 Å². The molecule has 0 saturated carbocycles. The van der Waals surface area contributed by atoms with Crippen LogP contribution in [0.15, 0.2) is 36.4 Å². The fourth-order valence-corrected chi connectivity index (χ4v) is 2.68. The predicted octanol–water partition coefficient (Wildman–Crippen LogP) is 2.33. The summed E-state index contributed by atoms with van der Waals surface area (Å²) in [6.45, 7) is 0.0640. The van der Waals surface area contributed by atoms with E-state index in [0.717, 1.165) is 5.56 Å². The van der Waals surface area contributed by atoms with Gasteiger partial charge in [-0.25, -0.2) is 0 Å². The zero-order valence-electron chi connectivity index (χ0n) is 16.0. The Labute approximate surface area is 159 Å². The van der Waals surface area contributed by atoms with E-state index < -0.39 is 12.2 Å². The molecule has 2 N–H and O–H groups in total. The Morgan fingerprint density at radius 3 is 2.19 bits per heavy atom. The smallest absolute Gasteiger partial charge is 0.188 e. The van der Waals surface area contributed by atoms with Crippen LogP contribution in [0.5, 0.6) is 23.0 Å². The lowest BCUT2D eigenvalue weighted by atomic mass is 9.97. The highest BCUT2D eigenvalue weighted by Crippen LogP contribution is 2.33. The highest BCUT2D eigenvalue weighted by atomic mass is 16.7. The van der Waals surface area contributed by atoms with Gasteiger partial charge in [0.15, 0.2) is 18.3 Å². The molecule has 2 aromatic carbocycles. The highest BCUT2D eigenvalue weighted by molar-refractivity contribution is 5.44. The zero-order valence-corrected chi connectivity index (χ0v) is 16.0. The SMILES string of the molecule is COCOc1cc(OC)ccc1C[C@H](O)[C@@H](O)c1ccc(OC)c(OC)c1. The van der Waals surface area contributed by atoms with E-state index in [1.807, 2.05) is 0 Å². The summed E-state index contributed by atoms with van der Waals surface area (Å²) in [5, 5.41) is 21.1. The minimum Gasteiger partial charge on any atom is -0.497 e. The summed E-state index contributed by atoms with van der Waals surface area (Å²) in [6, 6.07) is 10.3. The van der Waals surface area contributed by atoms with E-state index in [4.69, 9.17) is 23.7 Å². The summed E-state index contributed by atoms with van der Waals surface area (Å²) in [5.41, 5.74) is 1.24. The van der Waals surface area contributed by atoms with Crippen LogP contribution in [0, 0.1) is 0 Å². The molecule has 0 aliphatic rings. The van der Waals surface area contributed by atoms with E-state index in [9.17, 15) is 10.2 Å². The van der Waals surface area contributed by atoms with Crippen molar-refractivity contribution in [2.75, 3.05) is 35.2 Å². The molecule has 2 atom stereocenters. The molecule has 0 radical (unpaired) electrons. The quantitative estimate of drug-likeness (QED) is 0.614. The third-order valence-corrected chi connectivity index (χ3v) is 4.15. The van der Waals surface area contributed by atoms with Gasteiger partial charge in [0.1, 0.15) is 17.6 Å². The van der Waals surface area contributed by atoms with Gasteiger partial charge in [0.2, 0.25) is 0 Å². The lowest BCUT2D eigenvalue weighted by molar-refractivity contribution is 0.0170. The van der Waals surface area contributed by atoms with Gasteiger partial charge in [-0.15, -0.1) is 0 Å². The molecule has 0 saturated heterocycles. The molecule has 7 heteroatoms. The van der Waals surface area contributed by atoms with E-state index in [-0.39, 0.29) is 13.2 Å². The first-order valence-electron chi connectivity index (χ1n) is 8.40. The van der Waals surface area contributed by atoms with Gasteiger partial charge in [-0.3, -0.25) is 0 Å². The minimum absolute atomic E-state index is 0.0640. The topological polar surface area (TPSA) is 86.6 Å².